The number of likely N-dealkylation sites (N-methyl/N-ethyl adjacent to an activating group) is 1. The average molecular weight is 541 g/mol. The van der Waals surface area contributed by atoms with Crippen molar-refractivity contribution in [3.8, 4) is 34.5 Å². The van der Waals surface area contributed by atoms with Crippen LogP contribution in [0.25, 0.3) is 12.2 Å². The van der Waals surface area contributed by atoms with Crippen molar-refractivity contribution in [1.29, 1.82) is 0 Å². The number of benzene rings is 2. The summed E-state index contributed by atoms with van der Waals surface area (Å²) in [5, 5.41) is 0. The summed E-state index contributed by atoms with van der Waals surface area (Å²) in [6.07, 6.45) is 3.48. The van der Waals surface area contributed by atoms with Crippen molar-refractivity contribution in [2.75, 3.05) is 76.4 Å². The van der Waals surface area contributed by atoms with Crippen molar-refractivity contribution >= 4 is 23.8 Å². The second-order valence-corrected chi connectivity index (χ2v) is 9.07. The van der Waals surface area contributed by atoms with Crippen LogP contribution in [0.3, 0.4) is 0 Å². The minimum Gasteiger partial charge on any atom is -0.493 e. The molecule has 3 rings (SSSR count). The highest BCUT2D eigenvalue weighted by atomic mass is 16.5. The van der Waals surface area contributed by atoms with Gasteiger partial charge in [0, 0.05) is 24.2 Å². The Morgan fingerprint density at radius 3 is 1.36 bits per heavy atom. The lowest BCUT2D eigenvalue weighted by Crippen LogP contribution is -2.45. The van der Waals surface area contributed by atoms with Crippen molar-refractivity contribution < 1.29 is 38.0 Å². The Hall–Kier alpha value is -4.18. The Labute approximate surface area is 229 Å². The number of rotatable bonds is 10. The van der Waals surface area contributed by atoms with Gasteiger partial charge >= 0.3 is 0 Å². The molecule has 1 saturated heterocycles. The van der Waals surface area contributed by atoms with E-state index in [1.807, 2.05) is 14.1 Å². The fraction of sp³-hybridized carbons (Fsp3) is 0.379. The number of ketones is 1. The molecule has 0 atom stereocenters. The number of carbonyl (C=O) groups is 2. The maximum Gasteiger partial charge on any atom is 0.237 e. The van der Waals surface area contributed by atoms with Gasteiger partial charge in [-0.25, -0.2) is 0 Å². The fourth-order valence-corrected chi connectivity index (χ4v) is 4.36. The molecule has 1 amide bonds. The van der Waals surface area contributed by atoms with E-state index in [1.54, 1.807) is 46.2 Å². The topological polar surface area (TPSA) is 96.0 Å². The number of likely N-dealkylation sites (tertiary alicyclic amines) is 1. The number of Topliss-reactive ketones (excluding diaryl/α,β-unsaturated/α-hetero) is 1. The molecule has 0 radical (unpaired) electrons. The van der Waals surface area contributed by atoms with Crippen LogP contribution in [-0.4, -0.2) is 97.9 Å². The van der Waals surface area contributed by atoms with Gasteiger partial charge in [-0.1, -0.05) is 0 Å². The van der Waals surface area contributed by atoms with Gasteiger partial charge in [0.05, 0.1) is 49.2 Å². The molecule has 2 aromatic rings. The van der Waals surface area contributed by atoms with E-state index in [-0.39, 0.29) is 31.3 Å². The summed E-state index contributed by atoms with van der Waals surface area (Å²) in [6.45, 7) is 0.534. The van der Waals surface area contributed by atoms with Gasteiger partial charge in [0.2, 0.25) is 17.4 Å². The first-order valence-electron chi connectivity index (χ1n) is 12.2. The molecule has 39 heavy (non-hydrogen) atoms. The summed E-state index contributed by atoms with van der Waals surface area (Å²) < 4.78 is 32.7. The van der Waals surface area contributed by atoms with Crippen LogP contribution in [0.1, 0.15) is 11.1 Å². The molecule has 0 saturated carbocycles. The van der Waals surface area contributed by atoms with Crippen LogP contribution in [0.5, 0.6) is 34.5 Å². The molecule has 10 heteroatoms. The van der Waals surface area contributed by atoms with Crippen LogP contribution in [0.2, 0.25) is 0 Å². The van der Waals surface area contributed by atoms with Gasteiger partial charge in [-0.2, -0.15) is 0 Å². The zero-order valence-corrected chi connectivity index (χ0v) is 23.7. The van der Waals surface area contributed by atoms with E-state index < -0.39 is 0 Å². The molecule has 0 aliphatic carbocycles. The molecule has 0 bridgehead atoms. The number of piperidine rings is 1. The molecular formula is C29H36N2O8. The quantitative estimate of drug-likeness (QED) is 0.421. The highest BCUT2D eigenvalue weighted by molar-refractivity contribution is 6.15. The number of nitrogens with zero attached hydrogens (tertiary/aromatic N) is 2. The molecule has 1 fully saturated rings. The van der Waals surface area contributed by atoms with Crippen LogP contribution in [0.15, 0.2) is 35.4 Å². The van der Waals surface area contributed by atoms with E-state index in [0.29, 0.717) is 56.8 Å². The minimum atomic E-state index is -0.175. The zero-order valence-electron chi connectivity index (χ0n) is 23.7. The Bertz CT molecular complexity index is 1150. The molecule has 210 valence electrons. The minimum absolute atomic E-state index is 0.0981. The predicted octanol–water partition coefficient (Wildman–Crippen LogP) is 3.18. The third-order valence-corrected chi connectivity index (χ3v) is 6.17. The summed E-state index contributed by atoms with van der Waals surface area (Å²) in [6, 6.07) is 7.02. The van der Waals surface area contributed by atoms with E-state index in [2.05, 4.69) is 0 Å². The van der Waals surface area contributed by atoms with Gasteiger partial charge in [0.25, 0.3) is 0 Å². The van der Waals surface area contributed by atoms with Crippen molar-refractivity contribution in [2.24, 2.45) is 0 Å². The molecule has 1 heterocycles. The number of methoxy groups -OCH3 is 6. The molecule has 0 spiro atoms. The van der Waals surface area contributed by atoms with Gasteiger partial charge in [-0.05, 0) is 61.6 Å². The maximum absolute atomic E-state index is 13.7. The summed E-state index contributed by atoms with van der Waals surface area (Å²) in [4.78, 5) is 30.3. The van der Waals surface area contributed by atoms with E-state index in [4.69, 9.17) is 28.4 Å². The standard InChI is InChI=1S/C29H36N2O8/c1-30(2)17-26(32)31-15-20(9-18-11-22(34-3)28(38-7)23(12-18)35-4)27(33)21(16-31)10-19-13-24(36-5)29(39-8)25(14-19)37-6/h9-14H,15-17H2,1-8H3/b20-9+,21-10+. The second kappa shape index (κ2) is 13.1. The van der Waals surface area contributed by atoms with Gasteiger partial charge in [0.15, 0.2) is 28.8 Å². The lowest BCUT2D eigenvalue weighted by atomic mass is 9.93. The summed E-state index contributed by atoms with van der Waals surface area (Å²) >= 11 is 0. The van der Waals surface area contributed by atoms with E-state index in [0.717, 1.165) is 0 Å². The zero-order chi connectivity index (χ0) is 28.7. The van der Waals surface area contributed by atoms with Crippen LogP contribution < -0.4 is 28.4 Å². The molecule has 10 nitrogen and oxygen atoms in total. The van der Waals surface area contributed by atoms with Crippen LogP contribution in [0, 0.1) is 0 Å². The Morgan fingerprint density at radius 2 is 1.08 bits per heavy atom. The number of hydrogen-bond donors (Lipinski definition) is 0. The lowest BCUT2D eigenvalue weighted by Gasteiger charge is -2.31. The van der Waals surface area contributed by atoms with Crippen molar-refractivity contribution in [1.82, 2.24) is 9.80 Å². The van der Waals surface area contributed by atoms with E-state index in [1.165, 1.54) is 42.7 Å². The number of ether oxygens (including phenoxy) is 6. The molecule has 0 unspecified atom stereocenters. The van der Waals surface area contributed by atoms with E-state index in [9.17, 15) is 9.59 Å². The number of carbonyl (C=O) groups excluding carboxylic acids is 2. The Morgan fingerprint density at radius 1 is 0.718 bits per heavy atom. The fourth-order valence-electron chi connectivity index (χ4n) is 4.36. The molecule has 1 aliphatic heterocycles. The maximum atomic E-state index is 13.7. The third kappa shape index (κ3) is 6.64. The predicted molar refractivity (Wildman–Crippen MR) is 148 cm³/mol. The summed E-state index contributed by atoms with van der Waals surface area (Å²) in [7, 11) is 12.8. The Kier molecular flexibility index (Phi) is 9.84. The lowest BCUT2D eigenvalue weighted by molar-refractivity contribution is -0.131. The molecule has 0 aromatic heterocycles. The molecule has 0 N–H and O–H groups in total. The highest BCUT2D eigenvalue weighted by Crippen LogP contribution is 2.40. The monoisotopic (exact) mass is 540 g/mol. The van der Waals surface area contributed by atoms with Crippen LogP contribution in [-0.2, 0) is 9.59 Å². The highest BCUT2D eigenvalue weighted by Gasteiger charge is 2.30. The van der Waals surface area contributed by atoms with Crippen molar-refractivity contribution in [2.45, 2.75) is 0 Å². The van der Waals surface area contributed by atoms with Crippen LogP contribution >= 0.6 is 0 Å². The molecular weight excluding hydrogens is 504 g/mol. The van der Waals surface area contributed by atoms with E-state index >= 15 is 0 Å². The first kappa shape index (κ1) is 29.4. The number of hydrogen-bond acceptors (Lipinski definition) is 9. The number of amides is 1. The SMILES string of the molecule is COc1cc(/C=C2\CN(C(=O)CN(C)C)C/C(=C\c3cc(OC)c(OC)c(OC)c3)C2=O)cc(OC)c1OC. The van der Waals surface area contributed by atoms with Crippen LogP contribution in [0.4, 0.5) is 0 Å². The normalized spacial score (nSPS) is 15.5. The molecule has 2 aromatic carbocycles. The Balaban J connectivity index is 2.13. The summed E-state index contributed by atoms with van der Waals surface area (Å²) in [5.41, 5.74) is 2.23. The van der Waals surface area contributed by atoms with Gasteiger partial charge in [0.1, 0.15) is 0 Å². The van der Waals surface area contributed by atoms with Crippen molar-refractivity contribution in [3.63, 3.8) is 0 Å². The second-order valence-electron chi connectivity index (χ2n) is 9.07. The largest absolute Gasteiger partial charge is 0.493 e. The first-order valence-corrected chi connectivity index (χ1v) is 12.2. The summed E-state index contributed by atoms with van der Waals surface area (Å²) in [5.74, 6) is 2.46. The van der Waals surface area contributed by atoms with Gasteiger partial charge in [-0.3, -0.25) is 9.59 Å². The average Bonchev–Trinajstić information content (AvgIpc) is 2.93. The first-order chi connectivity index (χ1) is 18.7. The third-order valence-electron chi connectivity index (χ3n) is 6.17. The van der Waals surface area contributed by atoms with Gasteiger partial charge in [-0.15, -0.1) is 0 Å². The van der Waals surface area contributed by atoms with Crippen molar-refractivity contribution in [3.05, 3.63) is 46.5 Å². The smallest absolute Gasteiger partial charge is 0.237 e. The van der Waals surface area contributed by atoms with Gasteiger partial charge < -0.3 is 38.2 Å². The molecule has 1 aliphatic rings.